The lowest BCUT2D eigenvalue weighted by Gasteiger charge is -2.17. The Kier molecular flexibility index (Phi) is 7.13. The first-order chi connectivity index (χ1) is 13.2. The minimum atomic E-state index is -4.77. The van der Waals surface area contributed by atoms with Gasteiger partial charge in [-0.25, -0.2) is 0 Å². The van der Waals surface area contributed by atoms with E-state index >= 15 is 0 Å². The summed E-state index contributed by atoms with van der Waals surface area (Å²) in [6.07, 6.45) is -4.71. The standard InChI is InChI=1S/C17H18F3O7PS/c18-17(19,20)13-4-2-6-15(10-13)27-14-5-1-3-12(9-14)7-8-16(28(21,22)23)11-29(24,25)26/h1-6,9-10,16H,7-8,11H2,(H2,21,22,23)(H,24,25,26). The van der Waals surface area contributed by atoms with Crippen LogP contribution in [0.2, 0.25) is 0 Å². The summed E-state index contributed by atoms with van der Waals surface area (Å²) in [5.74, 6) is -0.932. The molecular weight excluding hydrogens is 436 g/mol. The van der Waals surface area contributed by atoms with Crippen molar-refractivity contribution in [2.24, 2.45) is 0 Å². The summed E-state index contributed by atoms with van der Waals surface area (Å²) in [6, 6.07) is 10.4. The van der Waals surface area contributed by atoms with E-state index in [1.807, 2.05) is 0 Å². The summed E-state index contributed by atoms with van der Waals surface area (Å²) < 4.78 is 86.0. The number of benzene rings is 2. The Morgan fingerprint density at radius 2 is 1.62 bits per heavy atom. The molecular formula is C17H18F3O7PS. The van der Waals surface area contributed by atoms with E-state index in [-0.39, 0.29) is 24.3 Å². The topological polar surface area (TPSA) is 121 Å². The Hall–Kier alpha value is -1.91. The molecule has 1 atom stereocenters. The van der Waals surface area contributed by atoms with Gasteiger partial charge < -0.3 is 14.5 Å². The van der Waals surface area contributed by atoms with E-state index in [0.717, 1.165) is 12.1 Å². The first kappa shape index (κ1) is 23.4. The summed E-state index contributed by atoms with van der Waals surface area (Å²) in [5.41, 5.74) is -1.95. The van der Waals surface area contributed by atoms with E-state index in [0.29, 0.717) is 5.56 Å². The molecule has 0 spiro atoms. The fourth-order valence-corrected chi connectivity index (χ4v) is 5.02. The summed E-state index contributed by atoms with van der Waals surface area (Å²) in [4.78, 5) is 18.6. The molecule has 0 bridgehead atoms. The molecule has 29 heavy (non-hydrogen) atoms. The van der Waals surface area contributed by atoms with Crippen LogP contribution < -0.4 is 4.74 Å². The van der Waals surface area contributed by atoms with Crippen molar-refractivity contribution >= 4 is 17.7 Å². The molecule has 0 saturated heterocycles. The molecule has 0 aliphatic rings. The molecule has 0 aliphatic carbocycles. The van der Waals surface area contributed by atoms with Crippen molar-refractivity contribution in [2.75, 3.05) is 5.75 Å². The molecule has 0 saturated carbocycles. The molecule has 0 aliphatic heterocycles. The van der Waals surface area contributed by atoms with Crippen molar-refractivity contribution in [3.05, 3.63) is 59.7 Å². The maximum atomic E-state index is 12.8. The van der Waals surface area contributed by atoms with E-state index in [1.54, 1.807) is 6.07 Å². The van der Waals surface area contributed by atoms with Gasteiger partial charge in [0, 0.05) is 0 Å². The number of rotatable bonds is 8. The van der Waals surface area contributed by atoms with Crippen LogP contribution >= 0.6 is 7.60 Å². The van der Waals surface area contributed by atoms with Gasteiger partial charge >= 0.3 is 13.8 Å². The number of hydrogen-bond donors (Lipinski definition) is 3. The van der Waals surface area contributed by atoms with Crippen molar-refractivity contribution < 1.29 is 45.2 Å². The van der Waals surface area contributed by atoms with Crippen molar-refractivity contribution in [2.45, 2.75) is 24.7 Å². The smallest absolute Gasteiger partial charge is 0.416 e. The molecule has 0 fully saturated rings. The molecule has 160 valence electrons. The predicted octanol–water partition coefficient (Wildman–Crippen LogP) is 3.86. The lowest BCUT2D eigenvalue weighted by molar-refractivity contribution is -0.137. The van der Waals surface area contributed by atoms with E-state index in [2.05, 4.69) is 0 Å². The Bertz CT molecular complexity index is 1000. The highest BCUT2D eigenvalue weighted by atomic mass is 32.2. The Balaban J connectivity index is 2.12. The third-order valence-electron chi connectivity index (χ3n) is 3.94. The molecule has 3 N–H and O–H groups in total. The summed E-state index contributed by atoms with van der Waals surface area (Å²) >= 11 is 0. The Morgan fingerprint density at radius 3 is 2.17 bits per heavy atom. The highest BCUT2D eigenvalue weighted by Gasteiger charge is 2.32. The van der Waals surface area contributed by atoms with Crippen LogP contribution in [0.25, 0.3) is 0 Å². The highest BCUT2D eigenvalue weighted by molar-refractivity contribution is 7.86. The van der Waals surface area contributed by atoms with Gasteiger partial charge in [0.1, 0.15) is 11.5 Å². The van der Waals surface area contributed by atoms with Gasteiger partial charge in [-0.3, -0.25) is 9.12 Å². The second kappa shape index (κ2) is 8.85. The summed E-state index contributed by atoms with van der Waals surface area (Å²) in [6.45, 7) is 0. The monoisotopic (exact) mass is 454 g/mol. The van der Waals surface area contributed by atoms with Crippen LogP contribution in [0.4, 0.5) is 13.2 Å². The second-order valence-electron chi connectivity index (χ2n) is 6.31. The van der Waals surface area contributed by atoms with Gasteiger partial charge in [0.25, 0.3) is 10.1 Å². The first-order valence-electron chi connectivity index (χ1n) is 8.18. The molecule has 2 aromatic carbocycles. The zero-order valence-electron chi connectivity index (χ0n) is 14.8. The summed E-state index contributed by atoms with van der Waals surface area (Å²) in [5, 5.41) is 0. The zero-order valence-corrected chi connectivity index (χ0v) is 16.5. The predicted molar refractivity (Wildman–Crippen MR) is 98.5 cm³/mol. The average molecular weight is 454 g/mol. The first-order valence-corrected chi connectivity index (χ1v) is 11.5. The van der Waals surface area contributed by atoms with Gasteiger partial charge in [-0.2, -0.15) is 21.6 Å². The van der Waals surface area contributed by atoms with E-state index in [4.69, 9.17) is 9.29 Å². The molecule has 12 heteroatoms. The highest BCUT2D eigenvalue weighted by Crippen LogP contribution is 2.44. The minimum absolute atomic E-state index is 0.0450. The van der Waals surface area contributed by atoms with Gasteiger partial charge in [-0.05, 0) is 48.7 Å². The molecule has 0 aromatic heterocycles. The third kappa shape index (κ3) is 7.79. The number of alkyl halides is 3. The van der Waals surface area contributed by atoms with Crippen LogP contribution in [0.15, 0.2) is 48.5 Å². The van der Waals surface area contributed by atoms with Crippen molar-refractivity contribution in [3.8, 4) is 11.5 Å². The maximum absolute atomic E-state index is 12.8. The molecule has 2 aromatic rings. The lowest BCUT2D eigenvalue weighted by atomic mass is 10.1. The molecule has 0 heterocycles. The van der Waals surface area contributed by atoms with Gasteiger partial charge in [0.2, 0.25) is 0 Å². The van der Waals surface area contributed by atoms with E-state index in [9.17, 15) is 35.9 Å². The fraction of sp³-hybridized carbons (Fsp3) is 0.294. The van der Waals surface area contributed by atoms with Gasteiger partial charge in [-0.15, -0.1) is 0 Å². The summed E-state index contributed by atoms with van der Waals surface area (Å²) in [7, 11) is -9.36. The molecule has 0 amide bonds. The number of ether oxygens (including phenoxy) is 1. The van der Waals surface area contributed by atoms with Crippen LogP contribution in [0.5, 0.6) is 11.5 Å². The van der Waals surface area contributed by atoms with Crippen molar-refractivity contribution in [1.29, 1.82) is 0 Å². The number of aryl methyl sites for hydroxylation is 1. The van der Waals surface area contributed by atoms with Crippen LogP contribution in [0.3, 0.4) is 0 Å². The van der Waals surface area contributed by atoms with Crippen molar-refractivity contribution in [1.82, 2.24) is 0 Å². The molecule has 2 rings (SSSR count). The lowest BCUT2D eigenvalue weighted by Crippen LogP contribution is -2.21. The van der Waals surface area contributed by atoms with Gasteiger partial charge in [0.05, 0.1) is 17.0 Å². The van der Waals surface area contributed by atoms with Crippen LogP contribution in [0.1, 0.15) is 17.5 Å². The van der Waals surface area contributed by atoms with Crippen LogP contribution in [0, 0.1) is 0 Å². The minimum Gasteiger partial charge on any atom is -0.457 e. The van der Waals surface area contributed by atoms with Gasteiger partial charge in [0.15, 0.2) is 0 Å². The van der Waals surface area contributed by atoms with Gasteiger partial charge in [-0.1, -0.05) is 18.2 Å². The number of hydrogen-bond acceptors (Lipinski definition) is 4. The molecule has 0 radical (unpaired) electrons. The fourth-order valence-electron chi connectivity index (χ4n) is 2.56. The van der Waals surface area contributed by atoms with Crippen LogP contribution in [-0.2, 0) is 27.3 Å². The normalized spacial score (nSPS) is 13.9. The zero-order chi connectivity index (χ0) is 21.9. The number of halogens is 3. The quantitative estimate of drug-likeness (QED) is 0.409. The van der Waals surface area contributed by atoms with Crippen LogP contribution in [-0.4, -0.2) is 34.2 Å². The molecule has 7 nitrogen and oxygen atoms in total. The SMILES string of the molecule is O=P(O)(O)C(CCc1cccc(Oc2cccc(C(F)(F)F)c2)c1)CS(=O)(=O)O. The average Bonchev–Trinajstić information content (AvgIpc) is 2.56. The molecule has 1 unspecified atom stereocenters. The Labute approximate surface area is 165 Å². The second-order valence-corrected chi connectivity index (χ2v) is 9.71. The maximum Gasteiger partial charge on any atom is 0.416 e. The third-order valence-corrected chi connectivity index (χ3v) is 6.40. The Morgan fingerprint density at radius 1 is 1.03 bits per heavy atom. The van der Waals surface area contributed by atoms with Crippen molar-refractivity contribution in [3.63, 3.8) is 0 Å². The van der Waals surface area contributed by atoms with E-state index < -0.39 is 40.9 Å². The van der Waals surface area contributed by atoms with E-state index in [1.165, 1.54) is 30.3 Å². The largest absolute Gasteiger partial charge is 0.457 e.